The third kappa shape index (κ3) is 2.71. The molecule has 0 saturated carbocycles. The minimum absolute atomic E-state index is 0.154. The summed E-state index contributed by atoms with van der Waals surface area (Å²) < 4.78 is 10.3. The number of hydrogen-bond acceptors (Lipinski definition) is 5. The zero-order valence-corrected chi connectivity index (χ0v) is 11.9. The Morgan fingerprint density at radius 1 is 1.30 bits per heavy atom. The Hall–Kier alpha value is -1.79. The Bertz CT molecular complexity index is 492. The number of hydrogen-bond donors (Lipinski definition) is 2. The zero-order valence-electron chi connectivity index (χ0n) is 11.9. The number of benzene rings is 1. The van der Waals surface area contributed by atoms with E-state index in [9.17, 15) is 9.90 Å². The molecule has 0 radical (unpaired) electrons. The molecule has 0 bridgehead atoms. The molecule has 6 nitrogen and oxygen atoms in total. The smallest absolute Gasteiger partial charge is 0.254 e. The minimum atomic E-state index is -0.538. The van der Waals surface area contributed by atoms with Crippen molar-refractivity contribution in [1.82, 2.24) is 10.2 Å². The molecule has 1 aliphatic rings. The van der Waals surface area contributed by atoms with E-state index < -0.39 is 6.10 Å². The first-order chi connectivity index (χ1) is 9.58. The van der Waals surface area contributed by atoms with Gasteiger partial charge in [-0.25, -0.2) is 0 Å². The standard InChI is InChI=1S/C14H20N2O4/c1-16(10-7-15-8-11(10)17)14(18)9-4-5-12(19-2)13(6-9)20-3/h4-6,10-11,15,17H,7-8H2,1-3H3/t10-,11-/m1/s1. The van der Waals surface area contributed by atoms with Crippen molar-refractivity contribution in [2.45, 2.75) is 12.1 Å². The summed E-state index contributed by atoms with van der Waals surface area (Å²) in [6, 6.07) is 4.82. The van der Waals surface area contributed by atoms with Crippen LogP contribution in [0, 0.1) is 0 Å². The number of carbonyl (C=O) groups excluding carboxylic acids is 1. The maximum atomic E-state index is 12.4. The fourth-order valence-electron chi connectivity index (χ4n) is 2.37. The Balaban J connectivity index is 2.20. The lowest BCUT2D eigenvalue weighted by Gasteiger charge is -2.26. The quantitative estimate of drug-likeness (QED) is 0.819. The third-order valence-electron chi connectivity index (χ3n) is 3.60. The second kappa shape index (κ2) is 6.11. The number of ether oxygens (including phenoxy) is 2. The Morgan fingerprint density at radius 2 is 2.00 bits per heavy atom. The molecule has 1 aromatic rings. The van der Waals surface area contributed by atoms with Crippen molar-refractivity contribution in [3.63, 3.8) is 0 Å². The largest absolute Gasteiger partial charge is 0.493 e. The molecule has 1 amide bonds. The number of nitrogens with zero attached hydrogens (tertiary/aromatic N) is 1. The van der Waals surface area contributed by atoms with E-state index >= 15 is 0 Å². The number of amides is 1. The van der Waals surface area contributed by atoms with Gasteiger partial charge in [0, 0.05) is 25.7 Å². The summed E-state index contributed by atoms with van der Waals surface area (Å²) in [5.74, 6) is 0.935. The average Bonchev–Trinajstić information content (AvgIpc) is 2.91. The Morgan fingerprint density at radius 3 is 2.55 bits per heavy atom. The highest BCUT2D eigenvalue weighted by Gasteiger charge is 2.31. The van der Waals surface area contributed by atoms with Gasteiger partial charge in [0.2, 0.25) is 0 Å². The van der Waals surface area contributed by atoms with Crippen molar-refractivity contribution in [3.8, 4) is 11.5 Å². The Labute approximate surface area is 118 Å². The molecule has 0 spiro atoms. The number of methoxy groups -OCH3 is 2. The molecular weight excluding hydrogens is 260 g/mol. The van der Waals surface area contributed by atoms with Gasteiger partial charge in [0.15, 0.2) is 11.5 Å². The highest BCUT2D eigenvalue weighted by Crippen LogP contribution is 2.28. The summed E-state index contributed by atoms with van der Waals surface area (Å²) >= 11 is 0. The average molecular weight is 280 g/mol. The summed E-state index contributed by atoms with van der Waals surface area (Å²) in [5.41, 5.74) is 0.504. The Kier molecular flexibility index (Phi) is 4.46. The van der Waals surface area contributed by atoms with Crippen LogP contribution in [0.15, 0.2) is 18.2 Å². The fraction of sp³-hybridized carbons (Fsp3) is 0.500. The molecule has 1 heterocycles. The molecular formula is C14H20N2O4. The van der Waals surface area contributed by atoms with Crippen molar-refractivity contribution in [3.05, 3.63) is 23.8 Å². The predicted molar refractivity (Wildman–Crippen MR) is 74.3 cm³/mol. The van der Waals surface area contributed by atoms with Gasteiger partial charge in [0.05, 0.1) is 26.4 Å². The van der Waals surface area contributed by atoms with Crippen molar-refractivity contribution in [2.24, 2.45) is 0 Å². The van der Waals surface area contributed by atoms with Crippen LogP contribution in [0.25, 0.3) is 0 Å². The lowest BCUT2D eigenvalue weighted by atomic mass is 10.1. The van der Waals surface area contributed by atoms with Crippen molar-refractivity contribution >= 4 is 5.91 Å². The maximum absolute atomic E-state index is 12.4. The van der Waals surface area contributed by atoms with E-state index in [4.69, 9.17) is 9.47 Å². The van der Waals surface area contributed by atoms with Crippen LogP contribution in [0.2, 0.25) is 0 Å². The first-order valence-electron chi connectivity index (χ1n) is 6.46. The summed E-state index contributed by atoms with van der Waals surface area (Å²) in [6.07, 6.45) is -0.538. The second-order valence-electron chi connectivity index (χ2n) is 4.78. The van der Waals surface area contributed by atoms with Gasteiger partial charge in [0.25, 0.3) is 5.91 Å². The van der Waals surface area contributed by atoms with Gasteiger partial charge in [-0.2, -0.15) is 0 Å². The van der Waals surface area contributed by atoms with Crippen LogP contribution >= 0.6 is 0 Å². The van der Waals surface area contributed by atoms with Gasteiger partial charge in [-0.1, -0.05) is 0 Å². The number of nitrogens with one attached hydrogen (secondary N) is 1. The number of aliphatic hydroxyl groups is 1. The van der Waals surface area contributed by atoms with Crippen LogP contribution in [0.5, 0.6) is 11.5 Å². The summed E-state index contributed by atoms with van der Waals surface area (Å²) in [7, 11) is 4.77. The molecule has 1 aromatic carbocycles. The number of aliphatic hydroxyl groups excluding tert-OH is 1. The molecule has 20 heavy (non-hydrogen) atoms. The van der Waals surface area contributed by atoms with Crippen molar-refractivity contribution in [2.75, 3.05) is 34.4 Å². The fourth-order valence-corrected chi connectivity index (χ4v) is 2.37. The molecule has 1 aliphatic heterocycles. The lowest BCUT2D eigenvalue weighted by molar-refractivity contribution is 0.0581. The molecule has 2 N–H and O–H groups in total. The summed E-state index contributed by atoms with van der Waals surface area (Å²) in [4.78, 5) is 14.0. The molecule has 2 rings (SSSR count). The molecule has 0 aliphatic carbocycles. The molecule has 1 fully saturated rings. The van der Waals surface area contributed by atoms with Crippen molar-refractivity contribution < 1.29 is 19.4 Å². The van der Waals surface area contributed by atoms with Gasteiger partial charge in [-0.15, -0.1) is 0 Å². The van der Waals surface area contributed by atoms with Gasteiger partial charge < -0.3 is 24.8 Å². The van der Waals surface area contributed by atoms with Crippen LogP contribution in [-0.4, -0.2) is 62.4 Å². The monoisotopic (exact) mass is 280 g/mol. The van der Waals surface area contributed by atoms with Crippen LogP contribution < -0.4 is 14.8 Å². The summed E-state index contributed by atoms with van der Waals surface area (Å²) in [5, 5.41) is 12.9. The first kappa shape index (κ1) is 14.6. The van der Waals surface area contributed by atoms with E-state index in [1.807, 2.05) is 0 Å². The van der Waals surface area contributed by atoms with E-state index in [0.717, 1.165) is 0 Å². The van der Waals surface area contributed by atoms with Crippen LogP contribution in [0.3, 0.4) is 0 Å². The van der Waals surface area contributed by atoms with E-state index in [0.29, 0.717) is 30.2 Å². The van der Waals surface area contributed by atoms with Gasteiger partial charge in [-0.3, -0.25) is 4.79 Å². The highest BCUT2D eigenvalue weighted by molar-refractivity contribution is 5.95. The van der Waals surface area contributed by atoms with E-state index in [2.05, 4.69) is 5.32 Å². The molecule has 0 aromatic heterocycles. The number of rotatable bonds is 4. The molecule has 6 heteroatoms. The third-order valence-corrected chi connectivity index (χ3v) is 3.60. The van der Waals surface area contributed by atoms with Crippen molar-refractivity contribution in [1.29, 1.82) is 0 Å². The normalized spacial score (nSPS) is 21.6. The van der Waals surface area contributed by atoms with E-state index in [1.165, 1.54) is 7.11 Å². The lowest BCUT2D eigenvalue weighted by Crippen LogP contribution is -2.44. The molecule has 110 valence electrons. The van der Waals surface area contributed by atoms with Gasteiger partial charge >= 0.3 is 0 Å². The van der Waals surface area contributed by atoms with Gasteiger partial charge in [0.1, 0.15) is 0 Å². The first-order valence-corrected chi connectivity index (χ1v) is 6.46. The van der Waals surface area contributed by atoms with E-state index in [-0.39, 0.29) is 11.9 Å². The number of carbonyl (C=O) groups is 1. The van der Waals surface area contributed by atoms with Crippen LogP contribution in [0.4, 0.5) is 0 Å². The minimum Gasteiger partial charge on any atom is -0.493 e. The maximum Gasteiger partial charge on any atom is 0.254 e. The van der Waals surface area contributed by atoms with Crippen LogP contribution in [-0.2, 0) is 0 Å². The predicted octanol–water partition coefficient (Wildman–Crippen LogP) is 0.108. The summed E-state index contributed by atoms with van der Waals surface area (Å²) in [6.45, 7) is 1.10. The topological polar surface area (TPSA) is 71.0 Å². The van der Waals surface area contributed by atoms with E-state index in [1.54, 1.807) is 37.3 Å². The second-order valence-corrected chi connectivity index (χ2v) is 4.78. The highest BCUT2D eigenvalue weighted by atomic mass is 16.5. The SMILES string of the molecule is COc1ccc(C(=O)N(C)[C@@H]2CNC[C@H]2O)cc1OC. The molecule has 2 atom stereocenters. The molecule has 1 saturated heterocycles. The van der Waals surface area contributed by atoms with Gasteiger partial charge in [-0.05, 0) is 18.2 Å². The molecule has 0 unspecified atom stereocenters. The van der Waals surface area contributed by atoms with Crippen LogP contribution in [0.1, 0.15) is 10.4 Å². The number of likely N-dealkylation sites (N-methyl/N-ethyl adjacent to an activating group) is 1. The zero-order chi connectivity index (χ0) is 14.7. The number of β-amino-alcohol motifs (C(OH)–C–C–N with tert-alkyl or cyclic N) is 1.